The van der Waals surface area contributed by atoms with E-state index in [-0.39, 0.29) is 48.2 Å². The summed E-state index contributed by atoms with van der Waals surface area (Å²) in [6, 6.07) is 6.68. The highest BCUT2D eigenvalue weighted by Crippen LogP contribution is 2.40. The lowest BCUT2D eigenvalue weighted by molar-refractivity contribution is -0.516. The maximum Gasteiger partial charge on any atom is 0.435 e. The molecular formula is C26H30F3N8O2+. The van der Waals surface area contributed by atoms with Crippen LogP contribution >= 0.6 is 0 Å². The fraction of sp³-hybridized carbons (Fsp3) is 0.346. The fourth-order valence-electron chi connectivity index (χ4n) is 4.61. The molecule has 4 N–H and O–H groups in total. The number of aryl methyl sites for hydroxylation is 1. The lowest BCUT2D eigenvalue weighted by Crippen LogP contribution is -2.87. The number of methoxy groups -OCH3 is 1. The van der Waals surface area contributed by atoms with Gasteiger partial charge in [0.1, 0.15) is 5.75 Å². The highest BCUT2D eigenvalue weighted by Gasteiger charge is 2.39. The third kappa shape index (κ3) is 5.77. The first-order chi connectivity index (χ1) is 18.6. The summed E-state index contributed by atoms with van der Waals surface area (Å²) >= 11 is 0. The monoisotopic (exact) mass is 543 g/mol. The largest absolute Gasteiger partial charge is 0.497 e. The van der Waals surface area contributed by atoms with Gasteiger partial charge < -0.3 is 9.64 Å². The molecule has 0 fully saturated rings. The van der Waals surface area contributed by atoms with Gasteiger partial charge in [-0.1, -0.05) is 0 Å². The number of alkyl halides is 3. The molecule has 3 aromatic rings. The van der Waals surface area contributed by atoms with Crippen molar-refractivity contribution in [3.63, 3.8) is 0 Å². The van der Waals surface area contributed by atoms with E-state index in [1.54, 1.807) is 49.3 Å². The highest BCUT2D eigenvalue weighted by atomic mass is 19.4. The predicted molar refractivity (Wildman–Crippen MR) is 137 cm³/mol. The molecule has 1 aliphatic heterocycles. The first-order valence-electron chi connectivity index (χ1n) is 12.3. The van der Waals surface area contributed by atoms with Crippen LogP contribution in [0.1, 0.15) is 39.8 Å². The van der Waals surface area contributed by atoms with E-state index in [4.69, 9.17) is 15.6 Å². The number of fused-ring (bicyclic) bond motifs is 1. The van der Waals surface area contributed by atoms with Gasteiger partial charge in [-0.05, 0) is 48.2 Å². The van der Waals surface area contributed by atoms with Crippen LogP contribution in [0.2, 0.25) is 0 Å². The normalized spacial score (nSPS) is 13.3. The zero-order valence-electron chi connectivity index (χ0n) is 21.8. The summed E-state index contributed by atoms with van der Waals surface area (Å²) in [4.78, 5) is 21.0. The number of aromatic nitrogens is 3. The Hall–Kier alpha value is -4.26. The van der Waals surface area contributed by atoms with Crippen molar-refractivity contribution in [2.45, 2.75) is 39.2 Å². The Morgan fingerprint density at radius 3 is 2.64 bits per heavy atom. The molecule has 10 nitrogen and oxygen atoms in total. The van der Waals surface area contributed by atoms with Gasteiger partial charge in [-0.15, -0.1) is 0 Å². The summed E-state index contributed by atoms with van der Waals surface area (Å²) in [7, 11) is 3.19. The maximum absolute atomic E-state index is 14.0. The van der Waals surface area contributed by atoms with Gasteiger partial charge in [-0.3, -0.25) is 30.1 Å². The number of carbonyl (C=O) groups is 1. The van der Waals surface area contributed by atoms with Crippen molar-refractivity contribution in [3.05, 3.63) is 64.7 Å². The summed E-state index contributed by atoms with van der Waals surface area (Å²) in [6.07, 6.45) is -0.442. The van der Waals surface area contributed by atoms with Crippen molar-refractivity contribution < 1.29 is 28.0 Å². The number of pyridine rings is 1. The summed E-state index contributed by atoms with van der Waals surface area (Å²) in [6.45, 7) is 2.48. The maximum atomic E-state index is 14.0. The first kappa shape index (κ1) is 27.8. The molecule has 0 saturated heterocycles. The molecule has 1 aliphatic rings. The standard InChI is InChI=1S/C26H29F3N8O2/c1-4-37-14-22(23(34-37)26(27,28)29)20-9-16(12-36(15-30)25(31)32-2)10-21-19(20)6-8-35(24(21)38)13-17-11-18(39-3)5-7-33-17/h5,7,9-11,14-15,30H,4,6,8,12-13H2,1-3H3,(H2,31,32)/p+1. The van der Waals surface area contributed by atoms with Crippen LogP contribution in [0.25, 0.3) is 11.1 Å². The Morgan fingerprint density at radius 2 is 2.00 bits per heavy atom. The Labute approximate surface area is 223 Å². The van der Waals surface area contributed by atoms with Crippen LogP contribution in [0.3, 0.4) is 0 Å². The third-order valence-electron chi connectivity index (χ3n) is 6.57. The van der Waals surface area contributed by atoms with Gasteiger partial charge in [0.2, 0.25) is 0 Å². The Kier molecular flexibility index (Phi) is 8.00. The number of hydrogen-bond acceptors (Lipinski definition) is 6. The van der Waals surface area contributed by atoms with E-state index in [9.17, 15) is 18.0 Å². The molecule has 1 aromatic carbocycles. The van der Waals surface area contributed by atoms with E-state index in [1.165, 1.54) is 28.2 Å². The van der Waals surface area contributed by atoms with Gasteiger partial charge in [0.05, 0.1) is 39.3 Å². The van der Waals surface area contributed by atoms with E-state index >= 15 is 0 Å². The van der Waals surface area contributed by atoms with Gasteiger partial charge in [0.15, 0.2) is 5.69 Å². The van der Waals surface area contributed by atoms with Gasteiger partial charge >= 0.3 is 6.18 Å². The molecule has 1 amide bonds. The molecule has 4 rings (SSSR count). The minimum Gasteiger partial charge on any atom is -0.497 e. The number of rotatable bonds is 8. The van der Waals surface area contributed by atoms with Crippen molar-refractivity contribution in [1.82, 2.24) is 24.6 Å². The number of benzene rings is 1. The lowest BCUT2D eigenvalue weighted by atomic mass is 9.88. The number of amides is 1. The minimum atomic E-state index is -4.69. The van der Waals surface area contributed by atoms with Crippen molar-refractivity contribution in [3.8, 4) is 16.9 Å². The molecular weight excluding hydrogens is 513 g/mol. The molecule has 206 valence electrons. The molecule has 0 unspecified atom stereocenters. The molecule has 0 radical (unpaired) electrons. The molecule has 2 aromatic heterocycles. The van der Waals surface area contributed by atoms with Gasteiger partial charge in [-0.2, -0.15) is 18.3 Å². The Morgan fingerprint density at radius 1 is 1.26 bits per heavy atom. The topological polar surface area (TPSA) is 128 Å². The van der Waals surface area contributed by atoms with Gasteiger partial charge in [-0.25, -0.2) is 5.41 Å². The molecule has 3 heterocycles. The second kappa shape index (κ2) is 11.2. The molecule has 0 atom stereocenters. The number of halogens is 3. The third-order valence-corrected chi connectivity index (χ3v) is 6.57. The van der Waals surface area contributed by atoms with Gasteiger partial charge in [0.25, 0.3) is 11.9 Å². The van der Waals surface area contributed by atoms with Crippen LogP contribution in [0, 0.1) is 10.8 Å². The zero-order chi connectivity index (χ0) is 28.3. The molecule has 0 saturated carbocycles. The van der Waals surface area contributed by atoms with Crippen molar-refractivity contribution in [2.75, 3.05) is 20.7 Å². The lowest BCUT2D eigenvalue weighted by Gasteiger charge is -2.30. The van der Waals surface area contributed by atoms with Crippen molar-refractivity contribution >= 4 is 18.2 Å². The number of nitrogens with two attached hydrogens (primary N) is 1. The number of nitrogens with zero attached hydrogens (tertiary/aromatic N) is 5. The van der Waals surface area contributed by atoms with Crippen LogP contribution in [0.5, 0.6) is 5.75 Å². The minimum absolute atomic E-state index is 0.0287. The first-order valence-corrected chi connectivity index (χ1v) is 12.3. The number of guanidine groups is 1. The molecule has 0 bridgehead atoms. The number of carbonyl (C=O) groups excluding carboxylic acids is 1. The number of hydrogen-bond donors (Lipinski definition) is 3. The molecule has 0 aliphatic carbocycles. The zero-order valence-corrected chi connectivity index (χ0v) is 21.8. The fourth-order valence-corrected chi connectivity index (χ4v) is 4.61. The van der Waals surface area contributed by atoms with Crippen LogP contribution in [0.4, 0.5) is 13.2 Å². The average molecular weight is 544 g/mol. The van der Waals surface area contributed by atoms with Gasteiger partial charge in [0, 0.05) is 42.7 Å². The predicted octanol–water partition coefficient (Wildman–Crippen LogP) is 2.73. The van der Waals surface area contributed by atoms with Crippen LogP contribution in [0.15, 0.2) is 36.7 Å². The molecule has 13 heteroatoms. The highest BCUT2D eigenvalue weighted by molar-refractivity contribution is 5.99. The summed E-state index contributed by atoms with van der Waals surface area (Å²) in [5, 5.41) is 21.1. The second-order valence-electron chi connectivity index (χ2n) is 9.01. The number of ether oxygens (including phenoxy) is 1. The van der Waals surface area contributed by atoms with Crippen LogP contribution < -0.4 is 10.1 Å². The number of quaternary nitrogens is 1. The van der Waals surface area contributed by atoms with Crippen molar-refractivity contribution in [1.29, 1.82) is 10.8 Å². The van der Waals surface area contributed by atoms with E-state index < -0.39 is 11.9 Å². The van der Waals surface area contributed by atoms with Crippen molar-refractivity contribution in [2.24, 2.45) is 0 Å². The SMILES string of the molecule is CCn1cc(-c2cc(CN(C=N)C(=N)[NH2+]C)cc3c2CCN(Cc2cc(OC)ccn2)C3=O)c(C(F)(F)F)n1. The summed E-state index contributed by atoms with van der Waals surface area (Å²) in [5.41, 5.74) is 1.07. The average Bonchev–Trinajstić information content (AvgIpc) is 3.38. The summed E-state index contributed by atoms with van der Waals surface area (Å²) < 4.78 is 48.6. The van der Waals surface area contributed by atoms with E-state index in [0.717, 1.165) is 6.34 Å². The Bertz CT molecular complexity index is 1400. The van der Waals surface area contributed by atoms with E-state index in [1.807, 2.05) is 0 Å². The number of nitrogens with one attached hydrogen (secondary N) is 2. The smallest absolute Gasteiger partial charge is 0.435 e. The van der Waals surface area contributed by atoms with Crippen LogP contribution in [-0.2, 0) is 32.2 Å². The molecule has 39 heavy (non-hydrogen) atoms. The molecule has 0 spiro atoms. The Balaban J connectivity index is 1.83. The van der Waals surface area contributed by atoms with E-state index in [0.29, 0.717) is 35.5 Å². The van der Waals surface area contributed by atoms with Crippen LogP contribution in [-0.4, -0.2) is 63.5 Å². The van der Waals surface area contributed by atoms with E-state index in [2.05, 4.69) is 10.1 Å². The summed E-state index contributed by atoms with van der Waals surface area (Å²) in [5.74, 6) is 0.319. The second-order valence-corrected chi connectivity index (χ2v) is 9.01. The quantitative estimate of drug-likeness (QED) is 0.297.